The lowest BCUT2D eigenvalue weighted by atomic mass is 10.2. The first kappa shape index (κ1) is 11.3. The number of rotatable bonds is 1. The first-order valence-corrected chi connectivity index (χ1v) is 5.55. The zero-order chi connectivity index (χ0) is 12.1. The third kappa shape index (κ3) is 2.91. The summed E-state index contributed by atoms with van der Waals surface area (Å²) < 4.78 is 0. The fraction of sp³-hybridized carbons (Fsp3) is 0.143. The second-order valence-electron chi connectivity index (χ2n) is 3.81. The Balaban J connectivity index is 2.64. The summed E-state index contributed by atoms with van der Waals surface area (Å²) in [6.07, 6.45) is 1.74. The molecule has 0 unspecified atom stereocenters. The summed E-state index contributed by atoms with van der Waals surface area (Å²) >= 11 is 0. The summed E-state index contributed by atoms with van der Waals surface area (Å²) in [5, 5.41) is 8.79. The molecule has 0 atom stereocenters. The Kier molecular flexibility index (Phi) is 3.50. The molecule has 0 bridgehead atoms. The van der Waals surface area contributed by atoms with Crippen molar-refractivity contribution >= 4 is 0 Å². The average Bonchev–Trinajstić information content (AvgIpc) is 2.44. The molecule has 1 heterocycles. The van der Waals surface area contributed by atoms with Crippen LogP contribution < -0.4 is 0 Å². The Hall–Kier alpha value is -2.16. The Bertz CT molecular complexity index is 543. The van der Waals surface area contributed by atoms with E-state index in [1.165, 1.54) is 0 Å². The number of hydrogen-bond donors (Lipinski definition) is 0. The van der Waals surface area contributed by atoms with Crippen molar-refractivity contribution in [1.29, 1.82) is 0 Å². The fourth-order valence-corrected chi connectivity index (χ4v) is 1.40. The van der Waals surface area contributed by atoms with Crippen LogP contribution in [0.15, 0.2) is 54.7 Å². The Morgan fingerprint density at radius 1 is 0.882 bits per heavy atom. The lowest BCUT2D eigenvalue weighted by Crippen LogP contribution is -2.03. The topological polar surface area (TPSA) is 30.7 Å². The van der Waals surface area contributed by atoms with Crippen molar-refractivity contribution in [2.75, 3.05) is 0 Å². The zero-order valence-electron chi connectivity index (χ0n) is 10.0. The van der Waals surface area contributed by atoms with Gasteiger partial charge in [0, 0.05) is 6.20 Å². The molecule has 17 heavy (non-hydrogen) atoms. The third-order valence-corrected chi connectivity index (χ3v) is 2.52. The van der Waals surface area contributed by atoms with Crippen molar-refractivity contribution < 1.29 is 0 Å². The predicted molar refractivity (Wildman–Crippen MR) is 68.5 cm³/mol. The van der Waals surface area contributed by atoms with Gasteiger partial charge in [0.25, 0.3) is 0 Å². The minimum absolute atomic E-state index is 0.950. The first-order valence-electron chi connectivity index (χ1n) is 5.55. The molecule has 0 aliphatic heterocycles. The molecular weight excluding hydrogens is 210 g/mol. The van der Waals surface area contributed by atoms with Crippen molar-refractivity contribution in [3.63, 3.8) is 0 Å². The van der Waals surface area contributed by atoms with Crippen LogP contribution in [0, 0.1) is 13.8 Å². The standard InChI is InChI=1S/C14H15N3/c1-12-8-6-7-11-15-17(16-13(12)2)14-9-4-3-5-10-14/h3-11H,1-2H3. The van der Waals surface area contributed by atoms with Crippen LogP contribution in [0.5, 0.6) is 0 Å². The van der Waals surface area contributed by atoms with E-state index in [1.54, 1.807) is 11.0 Å². The Labute approximate surface area is 101 Å². The maximum absolute atomic E-state index is 4.49. The van der Waals surface area contributed by atoms with E-state index in [0.717, 1.165) is 16.9 Å². The summed E-state index contributed by atoms with van der Waals surface area (Å²) in [4.78, 5) is 1.64. The largest absolute Gasteiger partial charge is 0.159 e. The van der Waals surface area contributed by atoms with Gasteiger partial charge in [-0.05, 0) is 37.6 Å². The Morgan fingerprint density at radius 3 is 2.35 bits per heavy atom. The van der Waals surface area contributed by atoms with Crippen LogP contribution >= 0.6 is 0 Å². The van der Waals surface area contributed by atoms with Crippen LogP contribution in [0.1, 0.15) is 11.3 Å². The maximum Gasteiger partial charge on any atom is 0.0856 e. The van der Waals surface area contributed by atoms with E-state index in [2.05, 4.69) is 10.2 Å². The molecule has 1 aromatic heterocycles. The van der Waals surface area contributed by atoms with Crippen LogP contribution in [0.3, 0.4) is 0 Å². The third-order valence-electron chi connectivity index (χ3n) is 2.52. The van der Waals surface area contributed by atoms with E-state index in [0.29, 0.717) is 0 Å². The molecule has 0 aliphatic carbocycles. The second-order valence-corrected chi connectivity index (χ2v) is 3.81. The van der Waals surface area contributed by atoms with E-state index >= 15 is 0 Å². The van der Waals surface area contributed by atoms with Gasteiger partial charge in [-0.25, -0.2) is 0 Å². The van der Waals surface area contributed by atoms with Crippen molar-refractivity contribution in [3.8, 4) is 5.69 Å². The number of aromatic nitrogens is 3. The van der Waals surface area contributed by atoms with E-state index in [-0.39, 0.29) is 0 Å². The smallest absolute Gasteiger partial charge is 0.0856 e. The molecule has 2 aromatic rings. The number of aryl methyl sites for hydroxylation is 2. The molecule has 0 radical (unpaired) electrons. The maximum atomic E-state index is 4.49. The van der Waals surface area contributed by atoms with E-state index in [1.807, 2.05) is 62.4 Å². The first-order chi connectivity index (χ1) is 8.27. The minimum Gasteiger partial charge on any atom is -0.159 e. The highest BCUT2D eigenvalue weighted by Crippen LogP contribution is 2.03. The molecule has 0 fully saturated rings. The molecule has 0 saturated carbocycles. The van der Waals surface area contributed by atoms with Crippen LogP contribution in [0.25, 0.3) is 5.69 Å². The fourth-order valence-electron chi connectivity index (χ4n) is 1.40. The molecule has 0 saturated heterocycles. The summed E-state index contributed by atoms with van der Waals surface area (Å²) in [6, 6.07) is 15.8. The van der Waals surface area contributed by atoms with E-state index < -0.39 is 0 Å². The van der Waals surface area contributed by atoms with Gasteiger partial charge in [-0.3, -0.25) is 0 Å². The lowest BCUT2D eigenvalue weighted by molar-refractivity contribution is 0.701. The summed E-state index contributed by atoms with van der Waals surface area (Å²) in [5.41, 5.74) is 3.04. The van der Waals surface area contributed by atoms with Gasteiger partial charge in [0.15, 0.2) is 0 Å². The van der Waals surface area contributed by atoms with Crippen LogP contribution in [0.4, 0.5) is 0 Å². The van der Waals surface area contributed by atoms with Crippen LogP contribution in [0.2, 0.25) is 0 Å². The normalized spacial score (nSPS) is 9.76. The van der Waals surface area contributed by atoms with Crippen molar-refractivity contribution in [2.24, 2.45) is 0 Å². The highest BCUT2D eigenvalue weighted by Gasteiger charge is 1.94. The molecule has 3 nitrogen and oxygen atoms in total. The predicted octanol–water partition coefficient (Wildman–Crippen LogP) is 3.01. The number of hydrogen-bond acceptors (Lipinski definition) is 2. The summed E-state index contributed by atoms with van der Waals surface area (Å²) in [7, 11) is 0. The van der Waals surface area contributed by atoms with Gasteiger partial charge < -0.3 is 0 Å². The van der Waals surface area contributed by atoms with Gasteiger partial charge in [0.1, 0.15) is 0 Å². The highest BCUT2D eigenvalue weighted by atomic mass is 15.4. The van der Waals surface area contributed by atoms with Gasteiger partial charge >= 0.3 is 0 Å². The van der Waals surface area contributed by atoms with E-state index in [9.17, 15) is 0 Å². The van der Waals surface area contributed by atoms with Crippen LogP contribution in [-0.4, -0.2) is 15.0 Å². The minimum atomic E-state index is 0.950. The molecule has 0 N–H and O–H groups in total. The summed E-state index contributed by atoms with van der Waals surface area (Å²) in [6.45, 7) is 4.02. The average molecular weight is 225 g/mol. The van der Waals surface area contributed by atoms with Crippen molar-refractivity contribution in [3.05, 3.63) is 66.0 Å². The SMILES string of the molecule is Cc1ccccnn(-c2ccccc2)nc1C. The number of para-hydroxylation sites is 1. The quantitative estimate of drug-likeness (QED) is 0.747. The molecule has 1 aromatic carbocycles. The van der Waals surface area contributed by atoms with Gasteiger partial charge in [-0.2, -0.15) is 15.0 Å². The summed E-state index contributed by atoms with van der Waals surface area (Å²) in [5.74, 6) is 0. The van der Waals surface area contributed by atoms with Crippen molar-refractivity contribution in [2.45, 2.75) is 13.8 Å². The molecule has 86 valence electrons. The van der Waals surface area contributed by atoms with Crippen molar-refractivity contribution in [1.82, 2.24) is 15.0 Å². The monoisotopic (exact) mass is 225 g/mol. The highest BCUT2D eigenvalue weighted by molar-refractivity contribution is 5.28. The van der Waals surface area contributed by atoms with Gasteiger partial charge in [0.05, 0.1) is 11.4 Å². The van der Waals surface area contributed by atoms with Gasteiger partial charge in [-0.15, -0.1) is 0 Å². The Morgan fingerprint density at radius 2 is 1.59 bits per heavy atom. The van der Waals surface area contributed by atoms with Crippen LogP contribution in [-0.2, 0) is 0 Å². The van der Waals surface area contributed by atoms with Gasteiger partial charge in [-0.1, -0.05) is 30.3 Å². The molecule has 2 rings (SSSR count). The zero-order valence-corrected chi connectivity index (χ0v) is 10.0. The molecule has 3 heteroatoms. The molecule has 0 spiro atoms. The number of nitrogens with zero attached hydrogens (tertiary/aromatic N) is 3. The lowest BCUT2D eigenvalue weighted by Gasteiger charge is -2.01. The molecule has 0 amide bonds. The van der Waals surface area contributed by atoms with E-state index in [4.69, 9.17) is 0 Å². The number of benzene rings is 1. The van der Waals surface area contributed by atoms with Gasteiger partial charge in [0.2, 0.25) is 0 Å². The molecular formula is C14H15N3. The second kappa shape index (κ2) is 5.25. The molecule has 0 aliphatic rings.